The van der Waals surface area contributed by atoms with Gasteiger partial charge in [0, 0.05) is 17.1 Å². The molecule has 2 aromatic carbocycles. The summed E-state index contributed by atoms with van der Waals surface area (Å²) in [4.78, 5) is 12.2. The molecular weight excluding hydrogens is 414 g/mol. The molecule has 0 unspecified atom stereocenters. The first-order valence-electron chi connectivity index (χ1n) is 8.78. The summed E-state index contributed by atoms with van der Waals surface area (Å²) in [5.41, 5.74) is 3.98. The van der Waals surface area contributed by atoms with Gasteiger partial charge >= 0.3 is 0 Å². The predicted molar refractivity (Wildman–Crippen MR) is 113 cm³/mol. The normalized spacial score (nSPS) is 10.9. The lowest BCUT2D eigenvalue weighted by molar-refractivity contribution is -0.116. The summed E-state index contributed by atoms with van der Waals surface area (Å²) in [7, 11) is 0. The van der Waals surface area contributed by atoms with Gasteiger partial charge in [-0.05, 0) is 70.9 Å². The van der Waals surface area contributed by atoms with E-state index in [0.717, 1.165) is 37.6 Å². The number of halogens is 2. The van der Waals surface area contributed by atoms with Crippen molar-refractivity contribution in [2.45, 2.75) is 46.5 Å². The first kappa shape index (κ1) is 20.8. The zero-order valence-corrected chi connectivity index (χ0v) is 18.0. The van der Waals surface area contributed by atoms with Gasteiger partial charge in [-0.3, -0.25) is 4.79 Å². The standard InChI is InChI=1S/C21H25BrClNO2/c1-13(2)16-8-5-6-9-17(16)24-19(25)10-7-11-26-18-12-14(3)21(23)15(4)20(18)22/h5-6,8-9,12-13H,7,10-11H2,1-4H3,(H,24,25). The maximum Gasteiger partial charge on any atom is 0.224 e. The molecule has 0 fully saturated rings. The fraction of sp³-hybridized carbons (Fsp3) is 0.381. The van der Waals surface area contributed by atoms with E-state index < -0.39 is 0 Å². The molecule has 0 aliphatic rings. The van der Waals surface area contributed by atoms with E-state index in [2.05, 4.69) is 35.1 Å². The van der Waals surface area contributed by atoms with Gasteiger partial charge in [0.05, 0.1) is 11.1 Å². The summed E-state index contributed by atoms with van der Waals surface area (Å²) in [5.74, 6) is 1.13. The molecular formula is C21H25BrClNO2. The van der Waals surface area contributed by atoms with Crippen LogP contribution in [0.3, 0.4) is 0 Å². The highest BCUT2D eigenvalue weighted by Crippen LogP contribution is 2.35. The van der Waals surface area contributed by atoms with Gasteiger partial charge in [0.2, 0.25) is 5.91 Å². The van der Waals surface area contributed by atoms with Crippen LogP contribution in [0.15, 0.2) is 34.8 Å². The second kappa shape index (κ2) is 9.43. The van der Waals surface area contributed by atoms with Gasteiger partial charge in [0.1, 0.15) is 5.75 Å². The summed E-state index contributed by atoms with van der Waals surface area (Å²) in [5, 5.41) is 3.75. The number of rotatable bonds is 7. The molecule has 2 aromatic rings. The third kappa shape index (κ3) is 5.24. The monoisotopic (exact) mass is 437 g/mol. The topological polar surface area (TPSA) is 38.3 Å². The molecule has 0 saturated carbocycles. The summed E-state index contributed by atoms with van der Waals surface area (Å²) >= 11 is 9.75. The van der Waals surface area contributed by atoms with Gasteiger partial charge in [0.15, 0.2) is 0 Å². The molecule has 0 atom stereocenters. The molecule has 3 nitrogen and oxygen atoms in total. The number of hydrogen-bond acceptors (Lipinski definition) is 2. The third-order valence-electron chi connectivity index (χ3n) is 4.23. The van der Waals surface area contributed by atoms with Crippen molar-refractivity contribution in [3.8, 4) is 5.75 Å². The molecule has 0 aliphatic heterocycles. The van der Waals surface area contributed by atoms with E-state index in [-0.39, 0.29) is 5.91 Å². The van der Waals surface area contributed by atoms with E-state index in [1.54, 1.807) is 0 Å². The van der Waals surface area contributed by atoms with Crippen LogP contribution in [-0.2, 0) is 4.79 Å². The van der Waals surface area contributed by atoms with E-state index in [4.69, 9.17) is 16.3 Å². The molecule has 5 heteroatoms. The molecule has 1 amide bonds. The maximum absolute atomic E-state index is 12.2. The Morgan fingerprint density at radius 3 is 2.65 bits per heavy atom. The molecule has 0 aliphatic carbocycles. The number of hydrogen-bond donors (Lipinski definition) is 1. The van der Waals surface area contributed by atoms with Gasteiger partial charge in [-0.15, -0.1) is 0 Å². The summed E-state index contributed by atoms with van der Waals surface area (Å²) in [6, 6.07) is 9.84. The molecule has 2 rings (SSSR count). The predicted octanol–water partition coefficient (Wildman–Crippen LogP) is 6.64. The van der Waals surface area contributed by atoms with Crippen LogP contribution in [0.5, 0.6) is 5.75 Å². The zero-order chi connectivity index (χ0) is 19.3. The fourth-order valence-electron chi connectivity index (χ4n) is 2.75. The number of amides is 1. The molecule has 140 valence electrons. The van der Waals surface area contributed by atoms with Gasteiger partial charge < -0.3 is 10.1 Å². The Hall–Kier alpha value is -1.52. The van der Waals surface area contributed by atoms with Crippen LogP contribution in [0, 0.1) is 13.8 Å². The van der Waals surface area contributed by atoms with Gasteiger partial charge in [-0.25, -0.2) is 0 Å². The lowest BCUT2D eigenvalue weighted by atomic mass is 10.0. The Morgan fingerprint density at radius 2 is 1.96 bits per heavy atom. The average molecular weight is 439 g/mol. The SMILES string of the molecule is Cc1cc(OCCCC(=O)Nc2ccccc2C(C)C)c(Br)c(C)c1Cl. The Morgan fingerprint density at radius 1 is 1.27 bits per heavy atom. The summed E-state index contributed by atoms with van der Waals surface area (Å²) < 4.78 is 6.69. The summed E-state index contributed by atoms with van der Waals surface area (Å²) in [6.07, 6.45) is 1.05. The number of nitrogens with one attached hydrogen (secondary N) is 1. The van der Waals surface area contributed by atoms with E-state index in [9.17, 15) is 4.79 Å². The molecule has 0 heterocycles. The van der Waals surface area contributed by atoms with Crippen LogP contribution in [0.25, 0.3) is 0 Å². The molecule has 0 radical (unpaired) electrons. The Labute approximate surface area is 169 Å². The van der Waals surface area contributed by atoms with Crippen LogP contribution < -0.4 is 10.1 Å². The van der Waals surface area contributed by atoms with Crippen LogP contribution in [0.4, 0.5) is 5.69 Å². The smallest absolute Gasteiger partial charge is 0.224 e. The molecule has 0 spiro atoms. The largest absolute Gasteiger partial charge is 0.492 e. The van der Waals surface area contributed by atoms with E-state index in [1.165, 1.54) is 0 Å². The molecule has 0 bridgehead atoms. The quantitative estimate of drug-likeness (QED) is 0.492. The minimum Gasteiger partial charge on any atom is -0.492 e. The lowest BCUT2D eigenvalue weighted by Gasteiger charge is -2.14. The second-order valence-corrected chi connectivity index (χ2v) is 7.86. The first-order valence-corrected chi connectivity index (χ1v) is 9.95. The number of aryl methyl sites for hydroxylation is 1. The molecule has 0 saturated heterocycles. The summed E-state index contributed by atoms with van der Waals surface area (Å²) in [6.45, 7) is 8.61. The second-order valence-electron chi connectivity index (χ2n) is 6.69. The van der Waals surface area contributed by atoms with Gasteiger partial charge in [-0.1, -0.05) is 43.6 Å². The van der Waals surface area contributed by atoms with Crippen molar-refractivity contribution < 1.29 is 9.53 Å². The van der Waals surface area contributed by atoms with Crippen LogP contribution in [0.2, 0.25) is 5.02 Å². The van der Waals surface area contributed by atoms with E-state index in [1.807, 2.05) is 44.2 Å². The third-order valence-corrected chi connectivity index (χ3v) is 5.80. The number of ether oxygens (including phenoxy) is 1. The van der Waals surface area contributed by atoms with Crippen molar-refractivity contribution in [3.63, 3.8) is 0 Å². The molecule has 26 heavy (non-hydrogen) atoms. The highest BCUT2D eigenvalue weighted by Gasteiger charge is 2.12. The van der Waals surface area contributed by atoms with Crippen molar-refractivity contribution in [1.29, 1.82) is 0 Å². The van der Waals surface area contributed by atoms with Crippen LogP contribution in [0.1, 0.15) is 49.3 Å². The van der Waals surface area contributed by atoms with Crippen molar-refractivity contribution in [2.24, 2.45) is 0 Å². The lowest BCUT2D eigenvalue weighted by Crippen LogP contribution is -2.14. The number of carbonyl (C=O) groups excluding carboxylic acids is 1. The van der Waals surface area contributed by atoms with Crippen molar-refractivity contribution >= 4 is 39.1 Å². The van der Waals surface area contributed by atoms with Crippen molar-refractivity contribution in [2.75, 3.05) is 11.9 Å². The van der Waals surface area contributed by atoms with Crippen molar-refractivity contribution in [3.05, 3.63) is 56.5 Å². The number of para-hydroxylation sites is 1. The van der Waals surface area contributed by atoms with Gasteiger partial charge in [0.25, 0.3) is 0 Å². The van der Waals surface area contributed by atoms with Crippen LogP contribution >= 0.6 is 27.5 Å². The molecule has 0 aromatic heterocycles. The van der Waals surface area contributed by atoms with E-state index >= 15 is 0 Å². The average Bonchev–Trinajstić information content (AvgIpc) is 2.61. The number of carbonyl (C=O) groups is 1. The number of benzene rings is 2. The minimum absolute atomic E-state index is 0.00392. The highest BCUT2D eigenvalue weighted by atomic mass is 79.9. The fourth-order valence-corrected chi connectivity index (χ4v) is 3.44. The first-order chi connectivity index (χ1) is 12.3. The molecule has 1 N–H and O–H groups in total. The Bertz CT molecular complexity index is 790. The van der Waals surface area contributed by atoms with Gasteiger partial charge in [-0.2, -0.15) is 0 Å². The minimum atomic E-state index is 0.00392. The maximum atomic E-state index is 12.2. The highest BCUT2D eigenvalue weighted by molar-refractivity contribution is 9.10. The zero-order valence-electron chi connectivity index (χ0n) is 15.7. The number of anilines is 1. The Balaban J connectivity index is 1.87. The van der Waals surface area contributed by atoms with E-state index in [0.29, 0.717) is 25.4 Å². The van der Waals surface area contributed by atoms with Crippen LogP contribution in [-0.4, -0.2) is 12.5 Å². The Kier molecular flexibility index (Phi) is 7.54. The van der Waals surface area contributed by atoms with Crippen molar-refractivity contribution in [1.82, 2.24) is 0 Å².